The fourth-order valence-corrected chi connectivity index (χ4v) is 1.83. The number of nitrogens with one attached hydrogen (secondary N) is 1. The van der Waals surface area contributed by atoms with Crippen LogP contribution >= 0.6 is 0 Å². The molecule has 0 bridgehead atoms. The SMILES string of the molecule is CCNC(CCC1CC1)CN(C)C. The minimum atomic E-state index is 0.709. The third kappa shape index (κ3) is 5.27. The van der Waals surface area contributed by atoms with Crippen LogP contribution in [0.4, 0.5) is 0 Å². The van der Waals surface area contributed by atoms with Crippen LogP contribution < -0.4 is 5.32 Å². The van der Waals surface area contributed by atoms with Crippen molar-refractivity contribution in [3.63, 3.8) is 0 Å². The summed E-state index contributed by atoms with van der Waals surface area (Å²) in [7, 11) is 4.31. The molecule has 0 amide bonds. The van der Waals surface area contributed by atoms with Gasteiger partial charge in [0.1, 0.15) is 0 Å². The van der Waals surface area contributed by atoms with Crippen LogP contribution in [0.15, 0.2) is 0 Å². The second kappa shape index (κ2) is 5.61. The lowest BCUT2D eigenvalue weighted by Crippen LogP contribution is -2.38. The lowest BCUT2D eigenvalue weighted by Gasteiger charge is -2.21. The third-order valence-corrected chi connectivity index (χ3v) is 2.70. The predicted molar refractivity (Wildman–Crippen MR) is 58.0 cm³/mol. The van der Waals surface area contributed by atoms with E-state index in [4.69, 9.17) is 0 Å². The second-order valence-electron chi connectivity index (χ2n) is 4.54. The van der Waals surface area contributed by atoms with Crippen molar-refractivity contribution >= 4 is 0 Å². The van der Waals surface area contributed by atoms with Gasteiger partial charge in [0.25, 0.3) is 0 Å². The van der Waals surface area contributed by atoms with Crippen LogP contribution in [-0.4, -0.2) is 38.1 Å². The first kappa shape index (κ1) is 11.0. The van der Waals surface area contributed by atoms with Crippen LogP contribution in [0.25, 0.3) is 0 Å². The van der Waals surface area contributed by atoms with E-state index in [0.29, 0.717) is 6.04 Å². The van der Waals surface area contributed by atoms with Crippen LogP contribution in [-0.2, 0) is 0 Å². The summed E-state index contributed by atoms with van der Waals surface area (Å²) in [5, 5.41) is 3.56. The van der Waals surface area contributed by atoms with Crippen LogP contribution in [0.3, 0.4) is 0 Å². The minimum Gasteiger partial charge on any atom is -0.313 e. The zero-order valence-corrected chi connectivity index (χ0v) is 9.34. The molecule has 2 nitrogen and oxygen atoms in total. The molecule has 1 aliphatic carbocycles. The van der Waals surface area contributed by atoms with Gasteiger partial charge >= 0.3 is 0 Å². The van der Waals surface area contributed by atoms with Crippen LogP contribution in [0.2, 0.25) is 0 Å². The molecule has 1 aliphatic rings. The Labute approximate surface area is 82.7 Å². The number of likely N-dealkylation sites (N-methyl/N-ethyl adjacent to an activating group) is 2. The van der Waals surface area contributed by atoms with Crippen molar-refractivity contribution in [1.82, 2.24) is 10.2 Å². The van der Waals surface area contributed by atoms with Crippen molar-refractivity contribution in [2.24, 2.45) is 5.92 Å². The van der Waals surface area contributed by atoms with E-state index in [1.807, 2.05) is 0 Å². The molecule has 13 heavy (non-hydrogen) atoms. The number of hydrogen-bond acceptors (Lipinski definition) is 2. The molecule has 1 saturated carbocycles. The van der Waals surface area contributed by atoms with Crippen molar-refractivity contribution in [3.8, 4) is 0 Å². The molecule has 0 saturated heterocycles. The van der Waals surface area contributed by atoms with Gasteiger partial charge in [-0.2, -0.15) is 0 Å². The van der Waals surface area contributed by atoms with Gasteiger partial charge in [-0.05, 0) is 39.4 Å². The highest BCUT2D eigenvalue weighted by Crippen LogP contribution is 2.33. The van der Waals surface area contributed by atoms with Crippen molar-refractivity contribution in [1.29, 1.82) is 0 Å². The number of hydrogen-bond donors (Lipinski definition) is 1. The first-order valence-corrected chi connectivity index (χ1v) is 5.60. The zero-order chi connectivity index (χ0) is 9.68. The summed E-state index contributed by atoms with van der Waals surface area (Å²) < 4.78 is 0. The lowest BCUT2D eigenvalue weighted by molar-refractivity contribution is 0.323. The fraction of sp³-hybridized carbons (Fsp3) is 1.00. The standard InChI is InChI=1S/C11H24N2/c1-4-12-11(9-13(2)3)8-7-10-5-6-10/h10-12H,4-9H2,1-3H3. The highest BCUT2D eigenvalue weighted by Gasteiger charge is 2.22. The van der Waals surface area contributed by atoms with Crippen LogP contribution in [0.1, 0.15) is 32.6 Å². The summed E-state index contributed by atoms with van der Waals surface area (Å²) in [6.07, 6.45) is 5.77. The monoisotopic (exact) mass is 184 g/mol. The minimum absolute atomic E-state index is 0.709. The average molecular weight is 184 g/mol. The van der Waals surface area contributed by atoms with E-state index in [9.17, 15) is 0 Å². The van der Waals surface area contributed by atoms with E-state index < -0.39 is 0 Å². The Bertz CT molecular complexity index is 130. The molecule has 0 heterocycles. The van der Waals surface area contributed by atoms with E-state index >= 15 is 0 Å². The predicted octanol–water partition coefficient (Wildman–Crippen LogP) is 1.72. The molecule has 0 spiro atoms. The van der Waals surface area contributed by atoms with Crippen molar-refractivity contribution in [3.05, 3.63) is 0 Å². The van der Waals surface area contributed by atoms with E-state index in [2.05, 4.69) is 31.2 Å². The summed E-state index contributed by atoms with van der Waals surface area (Å²) in [6.45, 7) is 4.48. The summed E-state index contributed by atoms with van der Waals surface area (Å²) >= 11 is 0. The van der Waals surface area contributed by atoms with E-state index in [1.54, 1.807) is 0 Å². The fourth-order valence-electron chi connectivity index (χ4n) is 1.83. The molecule has 1 unspecified atom stereocenters. The largest absolute Gasteiger partial charge is 0.313 e. The van der Waals surface area contributed by atoms with Gasteiger partial charge in [0.15, 0.2) is 0 Å². The van der Waals surface area contributed by atoms with Gasteiger partial charge < -0.3 is 10.2 Å². The molecular weight excluding hydrogens is 160 g/mol. The van der Waals surface area contributed by atoms with Gasteiger partial charge in [0.05, 0.1) is 0 Å². The van der Waals surface area contributed by atoms with Gasteiger partial charge in [-0.25, -0.2) is 0 Å². The van der Waals surface area contributed by atoms with E-state index in [1.165, 1.54) is 32.2 Å². The summed E-state index contributed by atoms with van der Waals surface area (Å²) in [4.78, 5) is 2.28. The highest BCUT2D eigenvalue weighted by atomic mass is 15.1. The van der Waals surface area contributed by atoms with Crippen LogP contribution in [0.5, 0.6) is 0 Å². The molecule has 0 aromatic carbocycles. The Hall–Kier alpha value is -0.0800. The maximum Gasteiger partial charge on any atom is 0.0194 e. The molecule has 0 aliphatic heterocycles. The van der Waals surface area contributed by atoms with E-state index in [-0.39, 0.29) is 0 Å². The summed E-state index contributed by atoms with van der Waals surface area (Å²) in [6, 6.07) is 0.709. The van der Waals surface area contributed by atoms with Crippen molar-refractivity contribution in [2.45, 2.75) is 38.6 Å². The quantitative estimate of drug-likeness (QED) is 0.648. The molecule has 0 aromatic heterocycles. The van der Waals surface area contributed by atoms with Gasteiger partial charge in [-0.15, -0.1) is 0 Å². The Balaban J connectivity index is 2.11. The maximum atomic E-state index is 3.56. The van der Waals surface area contributed by atoms with Gasteiger partial charge in [-0.3, -0.25) is 0 Å². The topological polar surface area (TPSA) is 15.3 Å². The average Bonchev–Trinajstić information content (AvgIpc) is 2.82. The molecule has 78 valence electrons. The summed E-state index contributed by atoms with van der Waals surface area (Å²) in [5.41, 5.74) is 0. The molecule has 1 N–H and O–H groups in total. The first-order valence-electron chi connectivity index (χ1n) is 5.60. The number of nitrogens with zero attached hydrogens (tertiary/aromatic N) is 1. The maximum absolute atomic E-state index is 3.56. The lowest BCUT2D eigenvalue weighted by atomic mass is 10.1. The second-order valence-corrected chi connectivity index (χ2v) is 4.54. The van der Waals surface area contributed by atoms with Crippen molar-refractivity contribution in [2.75, 3.05) is 27.2 Å². The molecule has 0 aromatic rings. The zero-order valence-electron chi connectivity index (χ0n) is 9.34. The van der Waals surface area contributed by atoms with Gasteiger partial charge in [0.2, 0.25) is 0 Å². The smallest absolute Gasteiger partial charge is 0.0194 e. The molecule has 1 atom stereocenters. The van der Waals surface area contributed by atoms with Crippen LogP contribution in [0, 0.1) is 5.92 Å². The Morgan fingerprint density at radius 1 is 1.38 bits per heavy atom. The highest BCUT2D eigenvalue weighted by molar-refractivity contribution is 4.77. The van der Waals surface area contributed by atoms with Gasteiger partial charge in [-0.1, -0.05) is 19.8 Å². The first-order chi connectivity index (χ1) is 6.22. The third-order valence-electron chi connectivity index (χ3n) is 2.70. The summed E-state index contributed by atoms with van der Waals surface area (Å²) in [5.74, 6) is 1.07. The Morgan fingerprint density at radius 3 is 2.54 bits per heavy atom. The van der Waals surface area contributed by atoms with Gasteiger partial charge in [0, 0.05) is 12.6 Å². The molecule has 2 heteroatoms. The molecule has 1 fully saturated rings. The molecular formula is C11H24N2. The normalized spacial score (nSPS) is 19.4. The van der Waals surface area contributed by atoms with Crippen molar-refractivity contribution < 1.29 is 0 Å². The Kier molecular flexibility index (Phi) is 4.74. The molecule has 0 radical (unpaired) electrons. The number of rotatable bonds is 7. The molecule has 1 rings (SSSR count). The van der Waals surface area contributed by atoms with E-state index in [0.717, 1.165) is 12.5 Å². The Morgan fingerprint density at radius 2 is 2.08 bits per heavy atom.